The van der Waals surface area contributed by atoms with Crippen LogP contribution in [0.4, 0.5) is 0 Å². The maximum Gasteiger partial charge on any atom is 0.139 e. The molecule has 1 aromatic carbocycles. The van der Waals surface area contributed by atoms with Crippen molar-refractivity contribution in [3.8, 4) is 11.4 Å². The number of imidazole rings is 1. The number of rotatable bonds is 6. The van der Waals surface area contributed by atoms with Gasteiger partial charge in [0.2, 0.25) is 0 Å². The second kappa shape index (κ2) is 6.70. The van der Waals surface area contributed by atoms with Gasteiger partial charge in [0.25, 0.3) is 0 Å². The molecule has 0 aliphatic rings. The third-order valence-corrected chi connectivity index (χ3v) is 4.37. The SMILES string of the molecule is Cc1ccc(CNCCn2ccnc2-c2ccccc2)s1. The molecule has 4 heteroatoms. The number of aromatic nitrogens is 2. The van der Waals surface area contributed by atoms with Crippen LogP contribution in [0.15, 0.2) is 54.9 Å². The van der Waals surface area contributed by atoms with E-state index in [1.54, 1.807) is 0 Å². The van der Waals surface area contributed by atoms with Gasteiger partial charge in [-0.05, 0) is 19.1 Å². The van der Waals surface area contributed by atoms with Crippen molar-refractivity contribution in [3.05, 3.63) is 64.6 Å². The molecule has 21 heavy (non-hydrogen) atoms. The Labute approximate surface area is 129 Å². The van der Waals surface area contributed by atoms with Crippen LogP contribution in [0.3, 0.4) is 0 Å². The Kier molecular flexibility index (Phi) is 4.48. The lowest BCUT2D eigenvalue weighted by molar-refractivity contribution is 0.604. The zero-order chi connectivity index (χ0) is 14.5. The summed E-state index contributed by atoms with van der Waals surface area (Å²) in [6, 6.07) is 14.7. The van der Waals surface area contributed by atoms with Gasteiger partial charge < -0.3 is 9.88 Å². The smallest absolute Gasteiger partial charge is 0.139 e. The monoisotopic (exact) mass is 297 g/mol. The maximum absolute atomic E-state index is 4.46. The molecule has 0 unspecified atom stereocenters. The van der Waals surface area contributed by atoms with Crippen LogP contribution in [-0.2, 0) is 13.1 Å². The zero-order valence-corrected chi connectivity index (χ0v) is 12.9. The fourth-order valence-corrected chi connectivity index (χ4v) is 3.19. The zero-order valence-electron chi connectivity index (χ0n) is 12.1. The van der Waals surface area contributed by atoms with Gasteiger partial charge in [-0.2, -0.15) is 0 Å². The van der Waals surface area contributed by atoms with Crippen molar-refractivity contribution in [1.82, 2.24) is 14.9 Å². The summed E-state index contributed by atoms with van der Waals surface area (Å²) in [7, 11) is 0. The van der Waals surface area contributed by atoms with Crippen LogP contribution in [0.25, 0.3) is 11.4 Å². The lowest BCUT2D eigenvalue weighted by Crippen LogP contribution is -2.19. The van der Waals surface area contributed by atoms with Crippen LogP contribution in [0.1, 0.15) is 9.75 Å². The van der Waals surface area contributed by atoms with E-state index in [0.29, 0.717) is 0 Å². The van der Waals surface area contributed by atoms with E-state index in [4.69, 9.17) is 0 Å². The first-order valence-electron chi connectivity index (χ1n) is 7.15. The summed E-state index contributed by atoms with van der Waals surface area (Å²) >= 11 is 1.85. The topological polar surface area (TPSA) is 29.9 Å². The van der Waals surface area contributed by atoms with Gasteiger partial charge in [0.15, 0.2) is 0 Å². The fraction of sp³-hybridized carbons (Fsp3) is 0.235. The van der Waals surface area contributed by atoms with E-state index in [0.717, 1.165) is 31.0 Å². The largest absolute Gasteiger partial charge is 0.330 e. The Morgan fingerprint density at radius 1 is 1.14 bits per heavy atom. The summed E-state index contributed by atoms with van der Waals surface area (Å²) in [5.41, 5.74) is 1.16. The molecule has 0 bridgehead atoms. The van der Waals surface area contributed by atoms with Gasteiger partial charge in [-0.25, -0.2) is 4.98 Å². The van der Waals surface area contributed by atoms with E-state index < -0.39 is 0 Å². The Bertz CT molecular complexity index is 685. The first kappa shape index (κ1) is 14.0. The average molecular weight is 297 g/mol. The molecule has 0 aliphatic heterocycles. The van der Waals surface area contributed by atoms with Gasteiger partial charge in [0, 0.05) is 47.3 Å². The van der Waals surface area contributed by atoms with Crippen molar-refractivity contribution in [2.45, 2.75) is 20.0 Å². The number of hydrogen-bond acceptors (Lipinski definition) is 3. The molecule has 0 spiro atoms. The highest BCUT2D eigenvalue weighted by Crippen LogP contribution is 2.16. The van der Waals surface area contributed by atoms with Gasteiger partial charge in [-0.1, -0.05) is 30.3 Å². The predicted molar refractivity (Wildman–Crippen MR) is 88.4 cm³/mol. The molecule has 0 aliphatic carbocycles. The minimum atomic E-state index is 0.925. The lowest BCUT2D eigenvalue weighted by Gasteiger charge is -2.08. The molecule has 0 radical (unpaired) electrons. The van der Waals surface area contributed by atoms with Crippen LogP contribution in [0.5, 0.6) is 0 Å². The minimum absolute atomic E-state index is 0.925. The normalized spacial score (nSPS) is 10.9. The number of hydrogen-bond donors (Lipinski definition) is 1. The van der Waals surface area contributed by atoms with Crippen LogP contribution < -0.4 is 5.32 Å². The van der Waals surface area contributed by atoms with Crippen LogP contribution >= 0.6 is 11.3 Å². The third-order valence-electron chi connectivity index (χ3n) is 3.37. The van der Waals surface area contributed by atoms with Crippen molar-refractivity contribution in [2.24, 2.45) is 0 Å². The number of nitrogens with one attached hydrogen (secondary N) is 1. The Hall–Kier alpha value is -1.91. The molecule has 0 fully saturated rings. The molecule has 3 nitrogen and oxygen atoms in total. The lowest BCUT2D eigenvalue weighted by atomic mass is 10.2. The van der Waals surface area contributed by atoms with E-state index >= 15 is 0 Å². The molecule has 0 saturated heterocycles. The maximum atomic E-state index is 4.46. The van der Waals surface area contributed by atoms with Crippen molar-refractivity contribution in [1.29, 1.82) is 0 Å². The van der Waals surface area contributed by atoms with Gasteiger partial charge in [0.1, 0.15) is 5.82 Å². The third kappa shape index (κ3) is 3.60. The second-order valence-electron chi connectivity index (χ2n) is 5.00. The highest BCUT2D eigenvalue weighted by molar-refractivity contribution is 7.11. The van der Waals surface area contributed by atoms with Crippen molar-refractivity contribution < 1.29 is 0 Å². The highest BCUT2D eigenvalue weighted by atomic mass is 32.1. The predicted octanol–water partition coefficient (Wildman–Crippen LogP) is 3.71. The standard InChI is InChI=1S/C17H19N3S/c1-14-7-8-16(21-14)13-18-9-11-20-12-10-19-17(20)15-5-3-2-4-6-15/h2-8,10,12,18H,9,11,13H2,1H3. The summed E-state index contributed by atoms with van der Waals surface area (Å²) in [4.78, 5) is 7.22. The van der Waals surface area contributed by atoms with Crippen molar-refractivity contribution >= 4 is 11.3 Å². The summed E-state index contributed by atoms with van der Waals surface area (Å²) < 4.78 is 2.20. The quantitative estimate of drug-likeness (QED) is 0.703. The van der Waals surface area contributed by atoms with Crippen molar-refractivity contribution in [3.63, 3.8) is 0 Å². The molecule has 3 rings (SSSR count). The fourth-order valence-electron chi connectivity index (χ4n) is 2.33. The molecule has 1 N–H and O–H groups in total. The summed E-state index contributed by atoms with van der Waals surface area (Å²) in [6.07, 6.45) is 3.91. The van der Waals surface area contributed by atoms with Crippen LogP contribution in [-0.4, -0.2) is 16.1 Å². The van der Waals surface area contributed by atoms with Crippen LogP contribution in [0.2, 0.25) is 0 Å². The van der Waals surface area contributed by atoms with E-state index in [2.05, 4.69) is 46.1 Å². The summed E-state index contributed by atoms with van der Waals surface area (Å²) in [5.74, 6) is 1.03. The Balaban J connectivity index is 1.55. The van der Waals surface area contributed by atoms with Gasteiger partial charge in [-0.15, -0.1) is 11.3 Å². The molecule has 0 amide bonds. The molecule has 3 aromatic rings. The van der Waals surface area contributed by atoms with Gasteiger partial charge in [0.05, 0.1) is 0 Å². The van der Waals surface area contributed by atoms with Gasteiger partial charge >= 0.3 is 0 Å². The molecule has 2 aromatic heterocycles. The van der Waals surface area contributed by atoms with E-state index in [9.17, 15) is 0 Å². The molecule has 0 atom stereocenters. The molecule has 2 heterocycles. The molecule has 0 saturated carbocycles. The number of aryl methyl sites for hydroxylation is 1. The van der Waals surface area contributed by atoms with Gasteiger partial charge in [-0.3, -0.25) is 0 Å². The van der Waals surface area contributed by atoms with Crippen LogP contribution in [0, 0.1) is 6.92 Å². The number of nitrogens with zero attached hydrogens (tertiary/aromatic N) is 2. The van der Waals surface area contributed by atoms with Crippen molar-refractivity contribution in [2.75, 3.05) is 6.54 Å². The summed E-state index contributed by atoms with van der Waals surface area (Å²) in [6.45, 7) is 4.95. The summed E-state index contributed by atoms with van der Waals surface area (Å²) in [5, 5.41) is 3.49. The Morgan fingerprint density at radius 2 is 2.00 bits per heavy atom. The molecular formula is C17H19N3S. The molecular weight excluding hydrogens is 278 g/mol. The first-order chi connectivity index (χ1) is 10.3. The number of benzene rings is 1. The molecule has 108 valence electrons. The highest BCUT2D eigenvalue weighted by Gasteiger charge is 2.04. The average Bonchev–Trinajstić information content (AvgIpc) is 3.13. The van der Waals surface area contributed by atoms with E-state index in [-0.39, 0.29) is 0 Å². The Morgan fingerprint density at radius 3 is 2.76 bits per heavy atom. The number of thiophene rings is 1. The second-order valence-corrected chi connectivity index (χ2v) is 6.37. The minimum Gasteiger partial charge on any atom is -0.330 e. The van der Waals surface area contributed by atoms with E-state index in [1.165, 1.54) is 9.75 Å². The van der Waals surface area contributed by atoms with E-state index in [1.807, 2.05) is 41.9 Å². The first-order valence-corrected chi connectivity index (χ1v) is 7.97.